The number of rotatable bonds is 7. The lowest BCUT2D eigenvalue weighted by Gasteiger charge is -2.36. The van der Waals surface area contributed by atoms with Crippen molar-refractivity contribution in [2.24, 2.45) is 11.5 Å². The molecule has 5 nitrogen and oxygen atoms in total. The van der Waals surface area contributed by atoms with Gasteiger partial charge in [-0.15, -0.1) is 0 Å². The molecule has 0 fully saturated rings. The molecule has 0 aliphatic carbocycles. The lowest BCUT2D eigenvalue weighted by molar-refractivity contribution is -0.223. The topological polar surface area (TPSA) is 98.6 Å². The van der Waals surface area contributed by atoms with Gasteiger partial charge in [-0.3, -0.25) is 0 Å². The van der Waals surface area contributed by atoms with E-state index < -0.39 is 35.8 Å². The van der Waals surface area contributed by atoms with Crippen LogP contribution in [0.1, 0.15) is 32.3 Å². The van der Waals surface area contributed by atoms with Crippen LogP contribution in [0.25, 0.3) is 0 Å². The van der Waals surface area contributed by atoms with Crippen molar-refractivity contribution in [2.45, 2.75) is 56.6 Å². The smallest absolute Gasteiger partial charge is 0.313 e. The van der Waals surface area contributed by atoms with Gasteiger partial charge in [0.2, 0.25) is 0 Å². The summed E-state index contributed by atoms with van der Waals surface area (Å²) in [6, 6.07) is 6.65. The van der Waals surface area contributed by atoms with Crippen LogP contribution in [-0.2, 0) is 9.53 Å². The highest BCUT2D eigenvalue weighted by molar-refractivity contribution is 5.63. The second kappa shape index (κ2) is 7.44. The Balaban J connectivity index is 2.96. The maximum absolute atomic E-state index is 14.3. The summed E-state index contributed by atoms with van der Waals surface area (Å²) in [5, 5.41) is 9.98. The minimum atomic E-state index is -3.82. The molecule has 0 spiro atoms. The zero-order chi connectivity index (χ0) is 17.8. The van der Waals surface area contributed by atoms with Crippen LogP contribution in [0, 0.1) is 0 Å². The van der Waals surface area contributed by atoms with Crippen LogP contribution in [0.2, 0.25) is 0 Å². The number of carbonyl (C=O) groups excluding carboxylic acids is 1. The van der Waals surface area contributed by atoms with Gasteiger partial charge in [0, 0.05) is 0 Å². The Labute approximate surface area is 134 Å². The molecule has 0 amide bonds. The van der Waals surface area contributed by atoms with Gasteiger partial charge in [-0.05, 0) is 26.3 Å². The third-order valence-electron chi connectivity index (χ3n) is 3.36. The number of hydrogen-bond acceptors (Lipinski definition) is 5. The Kier molecular flexibility index (Phi) is 6.35. The molecule has 0 radical (unpaired) electrons. The predicted octanol–water partition coefficient (Wildman–Crippen LogP) is 1.39. The summed E-state index contributed by atoms with van der Waals surface area (Å²) in [7, 11) is 0. The van der Waals surface area contributed by atoms with E-state index in [1.165, 1.54) is 0 Å². The Morgan fingerprint density at radius 2 is 1.70 bits per heavy atom. The number of hydrogen-bond donors (Lipinski definition) is 3. The molecule has 1 aromatic carbocycles. The van der Waals surface area contributed by atoms with Crippen molar-refractivity contribution in [3.63, 3.8) is 0 Å². The summed E-state index contributed by atoms with van der Waals surface area (Å²) in [6.07, 6.45) is -3.95. The minimum Gasteiger partial charge on any atom is -0.385 e. The molecule has 0 aromatic heterocycles. The Bertz CT molecular complexity index is 506. The molecule has 130 valence electrons. The van der Waals surface area contributed by atoms with Crippen LogP contribution < -0.4 is 11.5 Å². The van der Waals surface area contributed by atoms with Crippen LogP contribution in [0.3, 0.4) is 0 Å². The van der Waals surface area contributed by atoms with Gasteiger partial charge in [-0.2, -0.15) is 8.78 Å². The molecule has 4 atom stereocenters. The van der Waals surface area contributed by atoms with Gasteiger partial charge in [0.15, 0.2) is 6.23 Å². The molecule has 1 rings (SSSR count). The fourth-order valence-corrected chi connectivity index (χ4v) is 2.15. The van der Waals surface area contributed by atoms with Crippen molar-refractivity contribution in [2.75, 3.05) is 0 Å². The third-order valence-corrected chi connectivity index (χ3v) is 3.36. The van der Waals surface area contributed by atoms with E-state index in [0.717, 1.165) is 0 Å². The fourth-order valence-electron chi connectivity index (χ4n) is 2.15. The molecule has 7 heteroatoms. The van der Waals surface area contributed by atoms with Crippen LogP contribution in [0.5, 0.6) is 0 Å². The van der Waals surface area contributed by atoms with E-state index in [9.17, 15) is 18.7 Å². The zero-order valence-corrected chi connectivity index (χ0v) is 13.4. The van der Waals surface area contributed by atoms with Crippen molar-refractivity contribution in [1.29, 1.82) is 0 Å². The number of ether oxygens (including phenoxy) is 1. The number of alkyl halides is 2. The average Bonchev–Trinajstić information content (AvgIpc) is 2.46. The van der Waals surface area contributed by atoms with E-state index in [-0.39, 0.29) is 0 Å². The molecule has 0 saturated heterocycles. The van der Waals surface area contributed by atoms with Gasteiger partial charge in [0.1, 0.15) is 12.4 Å². The number of aliphatic hydroxyl groups is 1. The summed E-state index contributed by atoms with van der Waals surface area (Å²) in [4.78, 5) is 11.3. The number of carbonyl (C=O) groups is 1. The SMILES string of the molecule is CC(C)(C)OC(N)C(F)(F)C(O)C(N)C(C=O)c1ccccc1. The molecular formula is C16H24F2N2O3. The normalized spacial score (nSPS) is 18.1. The van der Waals surface area contributed by atoms with Gasteiger partial charge in [0.05, 0.1) is 17.6 Å². The molecular weight excluding hydrogens is 306 g/mol. The fraction of sp³-hybridized carbons (Fsp3) is 0.562. The lowest BCUT2D eigenvalue weighted by atomic mass is 9.87. The second-order valence-electron chi connectivity index (χ2n) is 6.42. The summed E-state index contributed by atoms with van der Waals surface area (Å²) < 4.78 is 33.6. The first-order valence-corrected chi connectivity index (χ1v) is 7.26. The van der Waals surface area contributed by atoms with Gasteiger partial charge >= 0.3 is 5.92 Å². The van der Waals surface area contributed by atoms with Crippen LogP contribution in [0.4, 0.5) is 8.78 Å². The van der Waals surface area contributed by atoms with E-state index in [4.69, 9.17) is 16.2 Å². The Morgan fingerprint density at radius 3 is 2.13 bits per heavy atom. The second-order valence-corrected chi connectivity index (χ2v) is 6.42. The van der Waals surface area contributed by atoms with Gasteiger partial charge in [-0.25, -0.2) is 0 Å². The van der Waals surface area contributed by atoms with Crippen molar-refractivity contribution in [3.05, 3.63) is 35.9 Å². The summed E-state index contributed by atoms with van der Waals surface area (Å²) in [5.74, 6) is -4.90. The van der Waals surface area contributed by atoms with Gasteiger partial charge in [0.25, 0.3) is 0 Å². The van der Waals surface area contributed by atoms with E-state index in [1.54, 1.807) is 51.1 Å². The standard InChI is InChI=1S/C16H24F2N2O3/c1-15(2,3)23-14(20)16(17,18)13(22)12(19)11(9-21)10-7-5-4-6-8-10/h4-9,11-14,22H,19-20H2,1-3H3. The van der Waals surface area contributed by atoms with Crippen molar-refractivity contribution >= 4 is 6.29 Å². The Hall–Kier alpha value is -1.41. The molecule has 5 N–H and O–H groups in total. The van der Waals surface area contributed by atoms with E-state index in [1.807, 2.05) is 0 Å². The molecule has 0 heterocycles. The first-order valence-electron chi connectivity index (χ1n) is 7.26. The maximum atomic E-state index is 14.3. The van der Waals surface area contributed by atoms with E-state index in [2.05, 4.69) is 0 Å². The summed E-state index contributed by atoms with van der Waals surface area (Å²) in [6.45, 7) is 4.69. The number of aldehydes is 1. The van der Waals surface area contributed by atoms with Crippen LogP contribution in [0.15, 0.2) is 30.3 Å². The number of nitrogens with two attached hydrogens (primary N) is 2. The average molecular weight is 330 g/mol. The minimum absolute atomic E-state index is 0.440. The largest absolute Gasteiger partial charge is 0.385 e. The van der Waals surface area contributed by atoms with Crippen LogP contribution in [-0.4, -0.2) is 41.3 Å². The maximum Gasteiger partial charge on any atom is 0.313 e. The highest BCUT2D eigenvalue weighted by atomic mass is 19.3. The molecule has 1 aromatic rings. The molecule has 0 aliphatic rings. The van der Waals surface area contributed by atoms with Crippen molar-refractivity contribution < 1.29 is 23.4 Å². The van der Waals surface area contributed by atoms with Crippen molar-refractivity contribution in [3.8, 4) is 0 Å². The first kappa shape index (κ1) is 19.6. The number of benzene rings is 1. The van der Waals surface area contributed by atoms with E-state index in [0.29, 0.717) is 11.8 Å². The lowest BCUT2D eigenvalue weighted by Crippen LogP contribution is -2.60. The molecule has 4 unspecified atom stereocenters. The van der Waals surface area contributed by atoms with Crippen molar-refractivity contribution in [1.82, 2.24) is 0 Å². The van der Waals surface area contributed by atoms with Gasteiger partial charge in [-0.1, -0.05) is 30.3 Å². The van der Waals surface area contributed by atoms with E-state index >= 15 is 0 Å². The highest BCUT2D eigenvalue weighted by Crippen LogP contribution is 2.31. The van der Waals surface area contributed by atoms with Gasteiger partial charge < -0.3 is 26.1 Å². The summed E-state index contributed by atoms with van der Waals surface area (Å²) >= 11 is 0. The number of halogens is 2. The zero-order valence-electron chi connectivity index (χ0n) is 13.4. The summed E-state index contributed by atoms with van der Waals surface area (Å²) in [5.41, 5.74) is 10.6. The molecule has 0 bridgehead atoms. The highest BCUT2D eigenvalue weighted by Gasteiger charge is 2.51. The predicted molar refractivity (Wildman–Crippen MR) is 83.0 cm³/mol. The monoisotopic (exact) mass is 330 g/mol. The molecule has 0 saturated carbocycles. The number of aliphatic hydroxyl groups excluding tert-OH is 1. The first-order chi connectivity index (χ1) is 10.5. The Morgan fingerprint density at radius 1 is 1.17 bits per heavy atom. The van der Waals surface area contributed by atoms with Crippen LogP contribution >= 0.6 is 0 Å². The quantitative estimate of drug-likeness (QED) is 0.518. The molecule has 0 aliphatic heterocycles. The molecule has 23 heavy (non-hydrogen) atoms. The third kappa shape index (κ3) is 5.04.